The highest BCUT2D eigenvalue weighted by atomic mass is 32.2. The Morgan fingerprint density at radius 3 is 2.48 bits per heavy atom. The van der Waals surface area contributed by atoms with Gasteiger partial charge in [0, 0.05) is 17.7 Å². The van der Waals surface area contributed by atoms with Gasteiger partial charge in [0.1, 0.15) is 16.8 Å². The van der Waals surface area contributed by atoms with Crippen molar-refractivity contribution >= 4 is 21.6 Å². The number of amides is 1. The van der Waals surface area contributed by atoms with Crippen molar-refractivity contribution in [3.63, 3.8) is 0 Å². The van der Waals surface area contributed by atoms with Gasteiger partial charge in [-0.25, -0.2) is 8.42 Å². The molecule has 0 saturated carbocycles. The average Bonchev–Trinajstić information content (AvgIpc) is 2.78. The first kappa shape index (κ1) is 20.9. The third-order valence-corrected chi connectivity index (χ3v) is 6.45. The summed E-state index contributed by atoms with van der Waals surface area (Å²) in [6, 6.07) is 21.1. The maximum atomic E-state index is 12.6. The molecule has 160 valence electrons. The quantitative estimate of drug-likeness (QED) is 0.549. The molecule has 0 spiro atoms. The molecular weight excluding hydrogens is 414 g/mol. The van der Waals surface area contributed by atoms with Crippen LogP contribution >= 0.6 is 0 Å². The van der Waals surface area contributed by atoms with E-state index in [-0.39, 0.29) is 10.8 Å². The Morgan fingerprint density at radius 2 is 1.71 bits per heavy atom. The number of hydrogen-bond acceptors (Lipinski definition) is 5. The standard InChI is InChI=1S/C23H23N3O4S/c1-2-30-20-9-5-3-7-18(20)15-24-23(27)17-13-11-16(12-14-17)22-25-19-8-4-6-10-21(19)31(28,29)26-22/h3-14,22,25-26H,2,15H2,1H3,(H,24,27)/t22-/m0/s1. The van der Waals surface area contributed by atoms with Gasteiger partial charge in [-0.15, -0.1) is 0 Å². The van der Waals surface area contributed by atoms with Crippen molar-refractivity contribution in [1.82, 2.24) is 10.0 Å². The molecule has 3 N–H and O–H groups in total. The van der Waals surface area contributed by atoms with E-state index in [0.717, 1.165) is 11.3 Å². The Hall–Kier alpha value is -3.36. The zero-order valence-electron chi connectivity index (χ0n) is 17.0. The monoisotopic (exact) mass is 437 g/mol. The fourth-order valence-corrected chi connectivity index (χ4v) is 4.73. The van der Waals surface area contributed by atoms with Crippen LogP contribution in [0.4, 0.5) is 5.69 Å². The Kier molecular flexibility index (Phi) is 5.92. The van der Waals surface area contributed by atoms with E-state index in [1.54, 1.807) is 48.5 Å². The van der Waals surface area contributed by atoms with Crippen LogP contribution in [-0.4, -0.2) is 20.9 Å². The number of carbonyl (C=O) groups excluding carboxylic acids is 1. The minimum Gasteiger partial charge on any atom is -0.494 e. The van der Waals surface area contributed by atoms with Crippen molar-refractivity contribution in [3.8, 4) is 5.75 Å². The normalized spacial score (nSPS) is 16.6. The summed E-state index contributed by atoms with van der Waals surface area (Å²) in [6.45, 7) is 2.81. The van der Waals surface area contributed by atoms with Gasteiger partial charge in [-0.1, -0.05) is 42.5 Å². The van der Waals surface area contributed by atoms with Gasteiger partial charge in [-0.2, -0.15) is 4.72 Å². The lowest BCUT2D eigenvalue weighted by Crippen LogP contribution is -2.38. The van der Waals surface area contributed by atoms with E-state index in [0.29, 0.717) is 30.0 Å². The second-order valence-corrected chi connectivity index (χ2v) is 8.72. The van der Waals surface area contributed by atoms with Crippen LogP contribution in [0.3, 0.4) is 0 Å². The molecule has 3 aromatic carbocycles. The summed E-state index contributed by atoms with van der Waals surface area (Å²) < 4.78 is 33.2. The lowest BCUT2D eigenvalue weighted by Gasteiger charge is -2.28. The highest BCUT2D eigenvalue weighted by Gasteiger charge is 2.29. The Balaban J connectivity index is 1.45. The second kappa shape index (κ2) is 8.79. The lowest BCUT2D eigenvalue weighted by molar-refractivity contribution is 0.0950. The van der Waals surface area contributed by atoms with Crippen molar-refractivity contribution in [2.45, 2.75) is 24.5 Å². The summed E-state index contributed by atoms with van der Waals surface area (Å²) in [5.41, 5.74) is 2.63. The van der Waals surface area contributed by atoms with Gasteiger partial charge in [0.15, 0.2) is 0 Å². The van der Waals surface area contributed by atoms with E-state index < -0.39 is 16.2 Å². The zero-order chi connectivity index (χ0) is 21.8. The van der Waals surface area contributed by atoms with Crippen LogP contribution in [0.25, 0.3) is 0 Å². The average molecular weight is 438 g/mol. The number of carbonyl (C=O) groups is 1. The topological polar surface area (TPSA) is 96.5 Å². The number of sulfonamides is 1. The van der Waals surface area contributed by atoms with Gasteiger partial charge >= 0.3 is 0 Å². The predicted octanol–water partition coefficient (Wildman–Crippen LogP) is 3.42. The van der Waals surface area contributed by atoms with Crippen LogP contribution in [0.5, 0.6) is 5.75 Å². The number of nitrogens with one attached hydrogen (secondary N) is 3. The number of rotatable bonds is 6. The van der Waals surface area contributed by atoms with Crippen molar-refractivity contribution in [2.75, 3.05) is 11.9 Å². The molecule has 0 saturated heterocycles. The summed E-state index contributed by atoms with van der Waals surface area (Å²) in [5, 5.41) is 6.07. The molecule has 0 radical (unpaired) electrons. The third kappa shape index (κ3) is 4.55. The Labute approximate surface area is 181 Å². The maximum absolute atomic E-state index is 12.6. The molecule has 0 bridgehead atoms. The number of para-hydroxylation sites is 2. The maximum Gasteiger partial charge on any atom is 0.251 e. The molecule has 0 aliphatic carbocycles. The molecule has 0 unspecified atom stereocenters. The fraction of sp³-hybridized carbons (Fsp3) is 0.174. The van der Waals surface area contributed by atoms with Gasteiger partial charge in [0.05, 0.1) is 12.3 Å². The van der Waals surface area contributed by atoms with Crippen LogP contribution < -0.4 is 20.1 Å². The van der Waals surface area contributed by atoms with Crippen LogP contribution in [0, 0.1) is 0 Å². The van der Waals surface area contributed by atoms with Crippen molar-refractivity contribution in [3.05, 3.63) is 89.5 Å². The van der Waals surface area contributed by atoms with Crippen molar-refractivity contribution < 1.29 is 17.9 Å². The first-order valence-corrected chi connectivity index (χ1v) is 11.4. The number of hydrogen-bond donors (Lipinski definition) is 3. The second-order valence-electron chi connectivity index (χ2n) is 7.04. The summed E-state index contributed by atoms with van der Waals surface area (Å²) in [4.78, 5) is 12.8. The molecule has 7 nitrogen and oxygen atoms in total. The summed E-state index contributed by atoms with van der Waals surface area (Å²) in [7, 11) is -3.62. The van der Waals surface area contributed by atoms with E-state index in [2.05, 4.69) is 15.4 Å². The molecule has 1 amide bonds. The van der Waals surface area contributed by atoms with Crippen LogP contribution in [-0.2, 0) is 16.6 Å². The summed E-state index contributed by atoms with van der Waals surface area (Å²) in [6.07, 6.45) is -0.616. The molecular formula is C23H23N3O4S. The van der Waals surface area contributed by atoms with Crippen molar-refractivity contribution in [2.24, 2.45) is 0 Å². The van der Waals surface area contributed by atoms with Gasteiger partial charge in [-0.3, -0.25) is 4.79 Å². The third-order valence-electron chi connectivity index (χ3n) is 4.97. The number of benzene rings is 3. The highest BCUT2D eigenvalue weighted by molar-refractivity contribution is 7.89. The van der Waals surface area contributed by atoms with Crippen molar-refractivity contribution in [1.29, 1.82) is 0 Å². The van der Waals surface area contributed by atoms with E-state index in [1.165, 1.54) is 0 Å². The van der Waals surface area contributed by atoms with Crippen LogP contribution in [0.1, 0.15) is 34.6 Å². The molecule has 4 rings (SSSR count). The fourth-order valence-electron chi connectivity index (χ4n) is 3.43. The highest BCUT2D eigenvalue weighted by Crippen LogP contribution is 2.30. The van der Waals surface area contributed by atoms with Crippen LogP contribution in [0.15, 0.2) is 77.7 Å². The molecule has 8 heteroatoms. The first-order chi connectivity index (χ1) is 15.0. The number of ether oxygens (including phenoxy) is 1. The zero-order valence-corrected chi connectivity index (χ0v) is 17.8. The van der Waals surface area contributed by atoms with Crippen LogP contribution in [0.2, 0.25) is 0 Å². The minimum atomic E-state index is -3.62. The molecule has 31 heavy (non-hydrogen) atoms. The first-order valence-electron chi connectivity index (χ1n) is 9.94. The number of anilines is 1. The smallest absolute Gasteiger partial charge is 0.251 e. The molecule has 1 heterocycles. The van der Waals surface area contributed by atoms with Gasteiger partial charge in [0.2, 0.25) is 10.0 Å². The minimum absolute atomic E-state index is 0.217. The van der Waals surface area contributed by atoms with E-state index in [4.69, 9.17) is 4.74 Å². The Bertz CT molecular complexity index is 1190. The summed E-state index contributed by atoms with van der Waals surface area (Å²) >= 11 is 0. The molecule has 0 fully saturated rings. The number of fused-ring (bicyclic) bond motifs is 1. The van der Waals surface area contributed by atoms with Gasteiger partial charge < -0.3 is 15.4 Å². The van der Waals surface area contributed by atoms with E-state index in [1.807, 2.05) is 31.2 Å². The largest absolute Gasteiger partial charge is 0.494 e. The van der Waals surface area contributed by atoms with Gasteiger partial charge in [0.25, 0.3) is 5.91 Å². The summed E-state index contributed by atoms with van der Waals surface area (Å²) in [5.74, 6) is 0.525. The SMILES string of the molecule is CCOc1ccccc1CNC(=O)c1ccc([C@H]2Nc3ccccc3S(=O)(=O)N2)cc1. The molecule has 1 aliphatic heterocycles. The molecule has 3 aromatic rings. The Morgan fingerprint density at radius 1 is 1.00 bits per heavy atom. The molecule has 0 aromatic heterocycles. The lowest BCUT2D eigenvalue weighted by atomic mass is 10.1. The molecule has 1 aliphatic rings. The molecule has 1 atom stereocenters. The predicted molar refractivity (Wildman–Crippen MR) is 118 cm³/mol. The van der Waals surface area contributed by atoms with Gasteiger partial charge in [-0.05, 0) is 42.8 Å². The van der Waals surface area contributed by atoms with E-state index >= 15 is 0 Å². The van der Waals surface area contributed by atoms with E-state index in [9.17, 15) is 13.2 Å².